The molecule has 1 aliphatic carbocycles. The molecule has 0 bridgehead atoms. The lowest BCUT2D eigenvalue weighted by molar-refractivity contribution is -0.124. The van der Waals surface area contributed by atoms with E-state index < -0.39 is 5.91 Å². The van der Waals surface area contributed by atoms with Crippen molar-refractivity contribution in [3.63, 3.8) is 0 Å². The largest absolute Gasteiger partial charge is 0.361 e. The first kappa shape index (κ1) is 17.5. The quantitative estimate of drug-likeness (QED) is 0.308. The number of H-pyrrole nitrogens is 1. The molecule has 3 aromatic rings. The maximum Gasteiger partial charge on any atom is 0.267 e. The zero-order valence-corrected chi connectivity index (χ0v) is 15.0. The molecule has 0 spiro atoms. The Balaban J connectivity index is 1.38. The third kappa shape index (κ3) is 3.79. The molecular formula is C22H23N3O2. The third-order valence-corrected chi connectivity index (χ3v) is 5.24. The number of aromatic amines is 1. The van der Waals surface area contributed by atoms with Gasteiger partial charge in [-0.3, -0.25) is 10.0 Å². The van der Waals surface area contributed by atoms with Crippen molar-refractivity contribution < 1.29 is 10.0 Å². The normalized spacial score (nSPS) is 16.1. The van der Waals surface area contributed by atoms with Crippen LogP contribution in [-0.4, -0.2) is 22.6 Å². The number of hydrogen-bond donors (Lipinski definition) is 4. The highest BCUT2D eigenvalue weighted by Gasteiger charge is 2.21. The molecule has 1 aliphatic rings. The molecule has 0 saturated heterocycles. The highest BCUT2D eigenvalue weighted by molar-refractivity contribution is 5.90. The van der Waals surface area contributed by atoms with E-state index in [1.165, 1.54) is 33.7 Å². The van der Waals surface area contributed by atoms with Crippen LogP contribution in [0.4, 0.5) is 0 Å². The first-order valence-corrected chi connectivity index (χ1v) is 9.28. The van der Waals surface area contributed by atoms with Crippen LogP contribution < -0.4 is 10.8 Å². The first-order chi connectivity index (χ1) is 13.2. The molecule has 0 radical (unpaired) electrons. The van der Waals surface area contributed by atoms with Crippen molar-refractivity contribution in [2.45, 2.75) is 25.3 Å². The standard InChI is InChI=1S/C22H23N3O2/c26-22(25-27)10-6-15-5-8-19-16(13-15)7-9-21(19)23-12-11-17-14-24-20-4-2-1-3-18(17)20/h1-6,8,10,13-14,21,23-24,27H,7,9,11-12H2,(H,25,26). The Morgan fingerprint density at radius 1 is 1.26 bits per heavy atom. The maximum atomic E-state index is 11.1. The summed E-state index contributed by atoms with van der Waals surface area (Å²) in [7, 11) is 0. The molecule has 2 aromatic carbocycles. The molecule has 5 nitrogen and oxygen atoms in total. The number of aryl methyl sites for hydroxylation is 1. The van der Waals surface area contributed by atoms with E-state index in [2.05, 4.69) is 52.9 Å². The summed E-state index contributed by atoms with van der Waals surface area (Å²) in [6.07, 6.45) is 8.27. The molecule has 1 heterocycles. The summed E-state index contributed by atoms with van der Waals surface area (Å²) in [5.41, 5.74) is 7.78. The zero-order chi connectivity index (χ0) is 18.6. The third-order valence-electron chi connectivity index (χ3n) is 5.24. The van der Waals surface area contributed by atoms with Crippen LogP contribution in [0, 0.1) is 0 Å². The van der Waals surface area contributed by atoms with Gasteiger partial charge in [0.25, 0.3) is 5.91 Å². The average Bonchev–Trinajstić information content (AvgIpc) is 3.30. The number of hydrogen-bond acceptors (Lipinski definition) is 3. The summed E-state index contributed by atoms with van der Waals surface area (Å²) in [6.45, 7) is 0.935. The van der Waals surface area contributed by atoms with Gasteiger partial charge in [-0.05, 0) is 60.2 Å². The van der Waals surface area contributed by atoms with Crippen molar-refractivity contribution in [1.29, 1.82) is 0 Å². The molecule has 1 atom stereocenters. The monoisotopic (exact) mass is 361 g/mol. The molecule has 5 heteroatoms. The van der Waals surface area contributed by atoms with Gasteiger partial charge in [-0.15, -0.1) is 0 Å². The lowest BCUT2D eigenvalue weighted by Gasteiger charge is -2.14. The predicted molar refractivity (Wildman–Crippen MR) is 106 cm³/mol. The Morgan fingerprint density at radius 2 is 2.15 bits per heavy atom. The highest BCUT2D eigenvalue weighted by Crippen LogP contribution is 2.32. The Hall–Kier alpha value is -2.89. The number of amides is 1. The van der Waals surface area contributed by atoms with E-state index >= 15 is 0 Å². The second-order valence-electron chi connectivity index (χ2n) is 6.92. The molecule has 138 valence electrons. The smallest absolute Gasteiger partial charge is 0.267 e. The molecule has 0 saturated carbocycles. The number of carbonyl (C=O) groups excluding carboxylic acids is 1. The van der Waals surface area contributed by atoms with Gasteiger partial charge in [-0.2, -0.15) is 0 Å². The van der Waals surface area contributed by atoms with Crippen molar-refractivity contribution >= 4 is 22.9 Å². The van der Waals surface area contributed by atoms with E-state index in [1.54, 1.807) is 11.6 Å². The van der Waals surface area contributed by atoms with E-state index in [1.807, 2.05) is 6.07 Å². The van der Waals surface area contributed by atoms with Crippen molar-refractivity contribution in [2.24, 2.45) is 0 Å². The fraction of sp³-hybridized carbons (Fsp3) is 0.227. The number of fused-ring (bicyclic) bond motifs is 2. The molecule has 27 heavy (non-hydrogen) atoms. The van der Waals surface area contributed by atoms with E-state index in [-0.39, 0.29) is 0 Å². The van der Waals surface area contributed by atoms with Crippen LogP contribution in [0.3, 0.4) is 0 Å². The molecule has 1 amide bonds. The Labute approximate surface area is 158 Å². The zero-order valence-electron chi connectivity index (χ0n) is 15.0. The summed E-state index contributed by atoms with van der Waals surface area (Å²) >= 11 is 0. The van der Waals surface area contributed by atoms with Crippen LogP contribution >= 0.6 is 0 Å². The van der Waals surface area contributed by atoms with Gasteiger partial charge in [-0.25, -0.2) is 5.48 Å². The number of carbonyl (C=O) groups is 1. The lowest BCUT2D eigenvalue weighted by Crippen LogP contribution is -2.21. The lowest BCUT2D eigenvalue weighted by atomic mass is 10.0. The number of hydroxylamine groups is 1. The van der Waals surface area contributed by atoms with Gasteiger partial charge in [0.2, 0.25) is 0 Å². The second kappa shape index (κ2) is 7.78. The van der Waals surface area contributed by atoms with Crippen molar-refractivity contribution in [2.75, 3.05) is 6.54 Å². The van der Waals surface area contributed by atoms with Crippen LogP contribution in [0.15, 0.2) is 54.7 Å². The molecule has 1 aromatic heterocycles. The molecule has 0 aliphatic heterocycles. The Bertz CT molecular complexity index is 990. The van der Waals surface area contributed by atoms with Gasteiger partial charge in [0.05, 0.1) is 0 Å². The van der Waals surface area contributed by atoms with Gasteiger partial charge in [-0.1, -0.05) is 36.4 Å². The Morgan fingerprint density at radius 3 is 3.04 bits per heavy atom. The van der Waals surface area contributed by atoms with E-state index in [0.29, 0.717) is 6.04 Å². The molecular weight excluding hydrogens is 338 g/mol. The predicted octanol–water partition coefficient (Wildman–Crippen LogP) is 3.51. The van der Waals surface area contributed by atoms with Crippen molar-refractivity contribution in [3.8, 4) is 0 Å². The molecule has 4 rings (SSSR count). The minimum atomic E-state index is -0.521. The summed E-state index contributed by atoms with van der Waals surface area (Å²) in [5, 5.41) is 13.5. The molecule has 1 unspecified atom stereocenters. The van der Waals surface area contributed by atoms with Crippen LogP contribution in [0.5, 0.6) is 0 Å². The minimum Gasteiger partial charge on any atom is -0.361 e. The van der Waals surface area contributed by atoms with E-state index in [9.17, 15) is 4.79 Å². The van der Waals surface area contributed by atoms with Gasteiger partial charge in [0.15, 0.2) is 0 Å². The van der Waals surface area contributed by atoms with E-state index in [0.717, 1.165) is 31.4 Å². The fourth-order valence-corrected chi connectivity index (χ4v) is 3.88. The second-order valence-corrected chi connectivity index (χ2v) is 6.92. The maximum absolute atomic E-state index is 11.1. The number of nitrogens with one attached hydrogen (secondary N) is 3. The van der Waals surface area contributed by atoms with Gasteiger partial charge in [0.1, 0.15) is 0 Å². The summed E-state index contributed by atoms with van der Waals surface area (Å²) in [4.78, 5) is 14.4. The fourth-order valence-electron chi connectivity index (χ4n) is 3.88. The first-order valence-electron chi connectivity index (χ1n) is 9.28. The topological polar surface area (TPSA) is 77.2 Å². The number of benzene rings is 2. The summed E-state index contributed by atoms with van der Waals surface area (Å²) < 4.78 is 0. The Kier molecular flexibility index (Phi) is 5.05. The van der Waals surface area contributed by atoms with Crippen LogP contribution in [-0.2, 0) is 17.6 Å². The minimum absolute atomic E-state index is 0.379. The molecule has 0 fully saturated rings. The van der Waals surface area contributed by atoms with Crippen LogP contribution in [0.25, 0.3) is 17.0 Å². The summed E-state index contributed by atoms with van der Waals surface area (Å²) in [5.74, 6) is -0.521. The SMILES string of the molecule is O=C(C=Cc1ccc2c(c1)CCC2NCCc1c[nH]c2ccccc12)NO. The average molecular weight is 361 g/mol. The van der Waals surface area contributed by atoms with Gasteiger partial charge in [0, 0.05) is 29.2 Å². The van der Waals surface area contributed by atoms with Gasteiger partial charge >= 0.3 is 0 Å². The van der Waals surface area contributed by atoms with Crippen LogP contribution in [0.2, 0.25) is 0 Å². The van der Waals surface area contributed by atoms with Crippen molar-refractivity contribution in [3.05, 3.63) is 77.0 Å². The summed E-state index contributed by atoms with van der Waals surface area (Å²) in [6, 6.07) is 15.1. The van der Waals surface area contributed by atoms with Crippen molar-refractivity contribution in [1.82, 2.24) is 15.8 Å². The molecule has 4 N–H and O–H groups in total. The van der Waals surface area contributed by atoms with Crippen LogP contribution in [0.1, 0.15) is 34.7 Å². The number of para-hydroxylation sites is 1. The number of rotatable bonds is 6. The number of aromatic nitrogens is 1. The van der Waals surface area contributed by atoms with Gasteiger partial charge < -0.3 is 10.3 Å². The highest BCUT2D eigenvalue weighted by atomic mass is 16.5. The van der Waals surface area contributed by atoms with E-state index in [4.69, 9.17) is 5.21 Å².